The van der Waals surface area contributed by atoms with Gasteiger partial charge in [0.05, 0.1) is 61.8 Å². The smallest absolute Gasteiger partial charge is 0.394 e. The Morgan fingerprint density at radius 3 is 1.64 bits per heavy atom. The van der Waals surface area contributed by atoms with Crippen LogP contribution in [0.5, 0.6) is 0 Å². The predicted molar refractivity (Wildman–Crippen MR) is 216 cm³/mol. The molecule has 0 amide bonds. The van der Waals surface area contributed by atoms with Gasteiger partial charge in [-0.05, 0) is 62.5 Å². The molecule has 30 heteroatoms. The minimum atomic E-state index is -5.07. The largest absolute Gasteiger partial charge is 0.454 e. The first-order chi connectivity index (χ1) is 31.0. The quantitative estimate of drug-likeness (QED) is 0.0442. The number of ether oxygens (including phenoxy) is 2. The Labute approximate surface area is 376 Å². The predicted octanol–water partition coefficient (Wildman–Crippen LogP) is -2.35. The van der Waals surface area contributed by atoms with Gasteiger partial charge >= 0.3 is 25.8 Å². The van der Waals surface area contributed by atoms with Gasteiger partial charge in [0.2, 0.25) is 0 Å². The van der Waals surface area contributed by atoms with Gasteiger partial charge in [-0.1, -0.05) is 12.1 Å². The van der Waals surface area contributed by atoms with Crippen LogP contribution >= 0.6 is 7.75 Å². The summed E-state index contributed by atoms with van der Waals surface area (Å²) in [4.78, 5) is 34.3. The van der Waals surface area contributed by atoms with Crippen LogP contribution < -0.4 is 16.3 Å². The van der Waals surface area contributed by atoms with E-state index in [9.17, 15) is 60.1 Å². The molecular formula is C37H56F7N6O16P. The van der Waals surface area contributed by atoms with Gasteiger partial charge in [-0.3, -0.25) is 9.88 Å². The summed E-state index contributed by atoms with van der Waals surface area (Å²) in [5, 5.41) is 98.6. The van der Waals surface area contributed by atoms with Crippen molar-refractivity contribution in [2.24, 2.45) is 0 Å². The van der Waals surface area contributed by atoms with Crippen molar-refractivity contribution in [1.29, 1.82) is 0 Å². The number of aliphatic hydroxyl groups is 10. The summed E-state index contributed by atoms with van der Waals surface area (Å²) in [7, 11) is -1.92. The number of H-pyrrole nitrogens is 1. The summed E-state index contributed by atoms with van der Waals surface area (Å²) in [6.45, 7) is -0.0952. The molecule has 15 N–H and O–H groups in total. The minimum Gasteiger partial charge on any atom is -0.394 e. The molecule has 0 aliphatic carbocycles. The third kappa shape index (κ3) is 18.0. The number of nitrogens with one attached hydrogen (secondary N) is 3. The van der Waals surface area contributed by atoms with Crippen LogP contribution in [0.2, 0.25) is 0 Å². The molecule has 2 heterocycles. The topological polar surface area (TPSA) is 356 Å². The first-order valence-electron chi connectivity index (χ1n) is 19.8. The highest BCUT2D eigenvalue weighted by molar-refractivity contribution is 7.49. The van der Waals surface area contributed by atoms with Crippen molar-refractivity contribution >= 4 is 7.75 Å². The van der Waals surface area contributed by atoms with E-state index in [-0.39, 0.29) is 49.1 Å². The summed E-state index contributed by atoms with van der Waals surface area (Å²) in [6.07, 6.45) is -24.1. The van der Waals surface area contributed by atoms with Gasteiger partial charge in [0.15, 0.2) is 6.29 Å². The zero-order chi connectivity index (χ0) is 51.2. The first-order valence-corrected chi connectivity index (χ1v) is 21.3. The summed E-state index contributed by atoms with van der Waals surface area (Å²) < 4.78 is 117. The molecule has 1 saturated heterocycles. The molecule has 1 aliphatic heterocycles. The molecule has 4 rings (SSSR count). The molecule has 0 spiro atoms. The Hall–Kier alpha value is -3.56. The third-order valence-electron chi connectivity index (χ3n) is 9.67. The minimum absolute atomic E-state index is 0.00603. The molecule has 0 bridgehead atoms. The number of rotatable bonds is 19. The third-order valence-corrected chi connectivity index (χ3v) is 10.4. The Bertz CT molecular complexity index is 1970. The van der Waals surface area contributed by atoms with Crippen LogP contribution in [-0.4, -0.2) is 189 Å². The van der Waals surface area contributed by atoms with E-state index < -0.39 is 129 Å². The number of hydrogen-bond donors (Lipinski definition) is 15. The number of morpholine rings is 1. The van der Waals surface area contributed by atoms with Crippen molar-refractivity contribution in [3.05, 3.63) is 86.8 Å². The molecule has 1 aliphatic rings. The van der Waals surface area contributed by atoms with Gasteiger partial charge in [0.25, 0.3) is 0 Å². The molecule has 67 heavy (non-hydrogen) atoms. The Morgan fingerprint density at radius 1 is 0.806 bits per heavy atom. The molecule has 0 radical (unpaired) electrons. The fourth-order valence-electron chi connectivity index (χ4n) is 6.09. The molecule has 1 aromatic heterocycles. The number of aromatic amines is 1. The van der Waals surface area contributed by atoms with Crippen LogP contribution in [-0.2, 0) is 32.9 Å². The molecule has 1 fully saturated rings. The van der Waals surface area contributed by atoms with Crippen molar-refractivity contribution in [3.63, 3.8) is 0 Å². The van der Waals surface area contributed by atoms with Gasteiger partial charge in [0.1, 0.15) is 48.3 Å². The lowest BCUT2D eigenvalue weighted by Gasteiger charge is -2.41. The average Bonchev–Trinajstić information content (AvgIpc) is 3.65. The van der Waals surface area contributed by atoms with Crippen LogP contribution in [0.1, 0.15) is 47.1 Å². The fourth-order valence-corrected chi connectivity index (χ4v) is 6.60. The van der Waals surface area contributed by atoms with Crippen molar-refractivity contribution in [2.75, 3.05) is 53.6 Å². The van der Waals surface area contributed by atoms with E-state index in [1.165, 1.54) is 19.1 Å². The monoisotopic (exact) mass is 1000 g/mol. The van der Waals surface area contributed by atoms with Gasteiger partial charge in [-0.25, -0.2) is 13.8 Å². The number of alkyl halides is 6. The summed E-state index contributed by atoms with van der Waals surface area (Å²) in [5.74, 6) is -0.775. The van der Waals surface area contributed by atoms with Gasteiger partial charge in [-0.15, -0.1) is 9.55 Å². The average molecular weight is 1000 g/mol. The molecule has 11 atom stereocenters. The number of aliphatic hydroxyl groups excluding tert-OH is 10. The first kappa shape index (κ1) is 59.6. The molecule has 384 valence electrons. The Morgan fingerprint density at radius 2 is 1.25 bits per heavy atom. The van der Waals surface area contributed by atoms with E-state index in [0.717, 1.165) is 12.1 Å². The molecule has 0 unspecified atom stereocenters. The fraction of sp³-hybridized carbons (Fsp3) is 0.622. The SMILES string of the molecule is CNC[C@H](O)[C@@H](O)[C@H](O)[C@H](O)CO.CNC[C@H](O)[C@@H](O)[C@H](O)[C@H](O)CO.C[C@H](O[C@H]1OCCN(Cc2nn(P(=O)(O)O)c(=O)[nH]2)[C@H]1c1ccc(F)cc1)c1cc(C(F)(F)F)cc(C(F)(F)F)c1. The number of halogens is 7. The molecule has 2 aromatic carbocycles. The highest BCUT2D eigenvalue weighted by Gasteiger charge is 2.40. The summed E-state index contributed by atoms with van der Waals surface area (Å²) >= 11 is 0. The second-order valence-corrected chi connectivity index (χ2v) is 16.2. The number of nitrogens with zero attached hydrogens (tertiary/aromatic N) is 3. The second kappa shape index (κ2) is 26.4. The summed E-state index contributed by atoms with van der Waals surface area (Å²) in [6, 6.07) is 5.01. The van der Waals surface area contributed by atoms with E-state index in [0.29, 0.717) is 17.7 Å². The van der Waals surface area contributed by atoms with Crippen molar-refractivity contribution < 1.29 is 106 Å². The normalized spacial score (nSPS) is 20.2. The molecule has 3 aromatic rings. The highest BCUT2D eigenvalue weighted by atomic mass is 31.2. The lowest BCUT2D eigenvalue weighted by Crippen LogP contribution is -2.48. The van der Waals surface area contributed by atoms with Crippen LogP contribution in [0, 0.1) is 5.82 Å². The molecule has 0 saturated carbocycles. The van der Waals surface area contributed by atoms with Crippen LogP contribution in [0.3, 0.4) is 0 Å². The van der Waals surface area contributed by atoms with Gasteiger partial charge in [-0.2, -0.15) is 26.3 Å². The van der Waals surface area contributed by atoms with Crippen LogP contribution in [0.25, 0.3) is 0 Å². The number of benzene rings is 2. The maximum Gasteiger partial charge on any atom is 0.454 e. The van der Waals surface area contributed by atoms with Gasteiger partial charge < -0.3 is 81.0 Å². The summed E-state index contributed by atoms with van der Waals surface area (Å²) in [5.41, 5.74) is -4.31. The molecular weight excluding hydrogens is 948 g/mol. The lowest BCUT2D eigenvalue weighted by atomic mass is 10.0. The van der Waals surface area contributed by atoms with E-state index in [4.69, 9.17) is 50.3 Å². The van der Waals surface area contributed by atoms with E-state index >= 15 is 0 Å². The van der Waals surface area contributed by atoms with Crippen molar-refractivity contribution in [3.8, 4) is 0 Å². The van der Waals surface area contributed by atoms with Crippen molar-refractivity contribution in [1.82, 2.24) is 30.1 Å². The lowest BCUT2D eigenvalue weighted by molar-refractivity contribution is -0.231. The Kier molecular flexibility index (Phi) is 23.5. The maximum atomic E-state index is 13.7. The van der Waals surface area contributed by atoms with Crippen LogP contribution in [0.4, 0.5) is 30.7 Å². The van der Waals surface area contributed by atoms with E-state index in [1.54, 1.807) is 19.0 Å². The number of hydrogen-bond acceptors (Lipinski definition) is 18. The number of aromatic nitrogens is 3. The second-order valence-electron chi connectivity index (χ2n) is 14.8. The van der Waals surface area contributed by atoms with Crippen molar-refractivity contribution in [2.45, 2.75) is 93.1 Å². The standard InChI is InChI=1S/C23H22F7N4O6P.2C7H17NO5/c1-12(14-8-15(22(25,26)27)10-16(9-14)23(28,29)30)40-20-19(13-2-4-17(24)5-3-13)33(6-7-39-20)11-18-31-21(35)34(32-18)41(36,37)38;2*1-8-2-4(10)6(12)7(13)5(11)3-9/h2-5,8-10,12,19-20H,6-7,11H2,1H3,(H,31,32,35)(H2,36,37,38);2*4-13H,2-3H2,1H3/t12-,19-,20+;2*4-,5+,6+,7+/m000/s1. The van der Waals surface area contributed by atoms with E-state index in [2.05, 4.69) is 20.7 Å². The molecule has 22 nitrogen and oxygen atoms in total. The van der Waals surface area contributed by atoms with Gasteiger partial charge in [0, 0.05) is 19.6 Å². The number of likely N-dealkylation sites (N-methyl/N-ethyl adjacent to an activating group) is 2. The zero-order valence-corrected chi connectivity index (χ0v) is 36.7. The van der Waals surface area contributed by atoms with Crippen LogP contribution in [0.15, 0.2) is 47.3 Å². The zero-order valence-electron chi connectivity index (χ0n) is 35.8. The van der Waals surface area contributed by atoms with E-state index in [1.807, 2.05) is 0 Å². The Balaban J connectivity index is 0.000000484. The highest BCUT2D eigenvalue weighted by Crippen LogP contribution is 2.40. The maximum absolute atomic E-state index is 13.7.